The highest BCUT2D eigenvalue weighted by Crippen LogP contribution is 2.36. The number of methoxy groups -OCH3 is 2. The summed E-state index contributed by atoms with van der Waals surface area (Å²) in [4.78, 5) is 9.87. The Morgan fingerprint density at radius 2 is 1.79 bits per heavy atom. The SMILES string of the molecule is COc1ccc(CCNc2ncnc3scc(-c4ccc(Cl)cc4)c23)cc1OC. The number of aromatic nitrogens is 2. The average Bonchev–Trinajstić information content (AvgIpc) is 3.19. The predicted molar refractivity (Wildman–Crippen MR) is 120 cm³/mol. The van der Waals surface area contributed by atoms with E-state index >= 15 is 0 Å². The Morgan fingerprint density at radius 3 is 2.55 bits per heavy atom. The summed E-state index contributed by atoms with van der Waals surface area (Å²) in [7, 11) is 3.28. The molecule has 2 aromatic heterocycles. The number of nitrogens with zero attached hydrogens (tertiary/aromatic N) is 2. The van der Waals surface area contributed by atoms with Crippen molar-refractivity contribution >= 4 is 39.0 Å². The van der Waals surface area contributed by atoms with Crippen LogP contribution in [0.25, 0.3) is 21.3 Å². The van der Waals surface area contributed by atoms with Gasteiger partial charge < -0.3 is 14.8 Å². The molecule has 0 bridgehead atoms. The molecule has 0 radical (unpaired) electrons. The van der Waals surface area contributed by atoms with Crippen molar-refractivity contribution in [1.82, 2.24) is 9.97 Å². The smallest absolute Gasteiger partial charge is 0.160 e. The van der Waals surface area contributed by atoms with Crippen LogP contribution >= 0.6 is 22.9 Å². The van der Waals surface area contributed by atoms with Crippen molar-refractivity contribution in [2.75, 3.05) is 26.1 Å². The maximum absolute atomic E-state index is 6.04. The fourth-order valence-electron chi connectivity index (χ4n) is 3.21. The highest BCUT2D eigenvalue weighted by Gasteiger charge is 2.13. The number of rotatable bonds is 7. The van der Waals surface area contributed by atoms with Gasteiger partial charge in [-0.1, -0.05) is 29.8 Å². The zero-order valence-electron chi connectivity index (χ0n) is 16.1. The van der Waals surface area contributed by atoms with Crippen LogP contribution in [0.5, 0.6) is 11.5 Å². The molecule has 0 saturated heterocycles. The standard InChI is InChI=1S/C22H20ClN3O2S/c1-27-18-8-3-14(11-19(18)28-2)9-10-24-21-20-17(12-29-22(20)26-13-25-21)15-4-6-16(23)7-5-15/h3-8,11-13H,9-10H2,1-2H3,(H,24,25,26). The molecule has 0 aliphatic rings. The van der Waals surface area contributed by atoms with Crippen molar-refractivity contribution in [3.05, 3.63) is 64.8 Å². The lowest BCUT2D eigenvalue weighted by molar-refractivity contribution is 0.354. The Balaban J connectivity index is 1.55. The van der Waals surface area contributed by atoms with Gasteiger partial charge in [-0.3, -0.25) is 0 Å². The van der Waals surface area contributed by atoms with Crippen LogP contribution in [0.3, 0.4) is 0 Å². The van der Waals surface area contributed by atoms with Crippen molar-refractivity contribution < 1.29 is 9.47 Å². The number of benzene rings is 2. The fraction of sp³-hybridized carbons (Fsp3) is 0.182. The molecule has 0 fully saturated rings. The first-order valence-electron chi connectivity index (χ1n) is 9.12. The largest absolute Gasteiger partial charge is 0.493 e. The first-order valence-corrected chi connectivity index (χ1v) is 10.4. The van der Waals surface area contributed by atoms with Crippen LogP contribution < -0.4 is 14.8 Å². The van der Waals surface area contributed by atoms with E-state index in [1.54, 1.807) is 31.9 Å². The van der Waals surface area contributed by atoms with E-state index in [-0.39, 0.29) is 0 Å². The van der Waals surface area contributed by atoms with Gasteiger partial charge >= 0.3 is 0 Å². The second kappa shape index (κ2) is 8.68. The lowest BCUT2D eigenvalue weighted by Gasteiger charge is -2.11. The molecule has 148 valence electrons. The molecular weight excluding hydrogens is 406 g/mol. The number of hydrogen-bond donors (Lipinski definition) is 1. The van der Waals surface area contributed by atoms with E-state index in [9.17, 15) is 0 Å². The van der Waals surface area contributed by atoms with E-state index in [0.717, 1.165) is 62.2 Å². The summed E-state index contributed by atoms with van der Waals surface area (Å²) >= 11 is 7.65. The van der Waals surface area contributed by atoms with Crippen molar-refractivity contribution in [3.8, 4) is 22.6 Å². The third kappa shape index (κ3) is 4.13. The number of anilines is 1. The molecule has 4 rings (SSSR count). The topological polar surface area (TPSA) is 56.3 Å². The van der Waals surface area contributed by atoms with Crippen molar-refractivity contribution in [1.29, 1.82) is 0 Å². The molecule has 29 heavy (non-hydrogen) atoms. The molecule has 0 saturated carbocycles. The quantitative estimate of drug-likeness (QED) is 0.412. The fourth-order valence-corrected chi connectivity index (χ4v) is 4.25. The second-order valence-electron chi connectivity index (χ2n) is 6.42. The van der Waals surface area contributed by atoms with E-state index in [1.165, 1.54) is 0 Å². The lowest BCUT2D eigenvalue weighted by Crippen LogP contribution is -2.07. The minimum Gasteiger partial charge on any atom is -0.493 e. The number of thiophene rings is 1. The molecule has 0 unspecified atom stereocenters. The van der Waals surface area contributed by atoms with Gasteiger partial charge in [-0.25, -0.2) is 9.97 Å². The van der Waals surface area contributed by atoms with Gasteiger partial charge in [0.1, 0.15) is 17.0 Å². The summed E-state index contributed by atoms with van der Waals surface area (Å²) in [5.41, 5.74) is 3.36. The summed E-state index contributed by atoms with van der Waals surface area (Å²) in [5, 5.41) is 7.34. The van der Waals surface area contributed by atoms with Gasteiger partial charge in [-0.15, -0.1) is 11.3 Å². The second-order valence-corrected chi connectivity index (χ2v) is 7.72. The Labute approximate surface area is 178 Å². The van der Waals surface area contributed by atoms with Crippen molar-refractivity contribution in [2.24, 2.45) is 0 Å². The van der Waals surface area contributed by atoms with E-state index in [1.807, 2.05) is 42.5 Å². The maximum Gasteiger partial charge on any atom is 0.160 e. The molecule has 4 aromatic rings. The molecule has 0 spiro atoms. The molecule has 2 aromatic carbocycles. The molecule has 0 atom stereocenters. The average molecular weight is 426 g/mol. The summed E-state index contributed by atoms with van der Waals surface area (Å²) in [5.74, 6) is 2.30. The Kier molecular flexibility index (Phi) is 5.83. The Morgan fingerprint density at radius 1 is 1.00 bits per heavy atom. The summed E-state index contributed by atoms with van der Waals surface area (Å²) in [6.07, 6.45) is 2.43. The molecule has 0 aliphatic carbocycles. The number of nitrogens with one attached hydrogen (secondary N) is 1. The van der Waals surface area contributed by atoms with E-state index in [2.05, 4.69) is 20.7 Å². The molecule has 2 heterocycles. The highest BCUT2D eigenvalue weighted by atomic mass is 35.5. The van der Waals surface area contributed by atoms with Crippen LogP contribution in [0.2, 0.25) is 5.02 Å². The normalized spacial score (nSPS) is 10.9. The molecular formula is C22H20ClN3O2S. The zero-order chi connectivity index (χ0) is 20.2. The van der Waals surface area contributed by atoms with Crippen LogP contribution in [-0.2, 0) is 6.42 Å². The lowest BCUT2D eigenvalue weighted by atomic mass is 10.1. The van der Waals surface area contributed by atoms with Crippen LogP contribution in [0.15, 0.2) is 54.2 Å². The molecule has 7 heteroatoms. The summed E-state index contributed by atoms with van der Waals surface area (Å²) < 4.78 is 10.7. The molecule has 1 N–H and O–H groups in total. The van der Waals surface area contributed by atoms with Gasteiger partial charge in [-0.2, -0.15) is 0 Å². The number of hydrogen-bond acceptors (Lipinski definition) is 6. The van der Waals surface area contributed by atoms with Gasteiger partial charge in [0.2, 0.25) is 0 Å². The van der Waals surface area contributed by atoms with Gasteiger partial charge in [0, 0.05) is 22.5 Å². The molecule has 0 amide bonds. The number of halogens is 1. The Hall–Kier alpha value is -2.83. The minimum absolute atomic E-state index is 0.720. The first kappa shape index (κ1) is 19.5. The zero-order valence-corrected chi connectivity index (χ0v) is 17.7. The van der Waals surface area contributed by atoms with E-state index < -0.39 is 0 Å². The van der Waals surface area contributed by atoms with Crippen molar-refractivity contribution in [3.63, 3.8) is 0 Å². The third-order valence-corrected chi connectivity index (χ3v) is 5.82. The van der Waals surface area contributed by atoms with Crippen LogP contribution in [0, 0.1) is 0 Å². The third-order valence-electron chi connectivity index (χ3n) is 4.68. The van der Waals surface area contributed by atoms with Gasteiger partial charge in [0.05, 0.1) is 19.6 Å². The van der Waals surface area contributed by atoms with E-state index in [4.69, 9.17) is 21.1 Å². The highest BCUT2D eigenvalue weighted by molar-refractivity contribution is 7.17. The summed E-state index contributed by atoms with van der Waals surface area (Å²) in [6.45, 7) is 0.734. The first-order chi connectivity index (χ1) is 14.2. The van der Waals surface area contributed by atoms with Gasteiger partial charge in [0.15, 0.2) is 11.5 Å². The van der Waals surface area contributed by atoms with Crippen LogP contribution in [-0.4, -0.2) is 30.7 Å². The maximum atomic E-state index is 6.04. The predicted octanol–water partition coefficient (Wildman–Crippen LogP) is 5.68. The Bertz CT molecular complexity index is 1130. The van der Waals surface area contributed by atoms with Crippen LogP contribution in [0.1, 0.15) is 5.56 Å². The molecule has 0 aliphatic heterocycles. The van der Waals surface area contributed by atoms with E-state index in [0.29, 0.717) is 0 Å². The monoisotopic (exact) mass is 425 g/mol. The minimum atomic E-state index is 0.720. The number of ether oxygens (including phenoxy) is 2. The van der Waals surface area contributed by atoms with Gasteiger partial charge in [0.25, 0.3) is 0 Å². The number of fused-ring (bicyclic) bond motifs is 1. The van der Waals surface area contributed by atoms with Gasteiger partial charge in [-0.05, 0) is 41.8 Å². The van der Waals surface area contributed by atoms with Crippen LogP contribution in [0.4, 0.5) is 5.82 Å². The molecule has 5 nitrogen and oxygen atoms in total. The summed E-state index contributed by atoms with van der Waals surface area (Å²) in [6, 6.07) is 13.8. The van der Waals surface area contributed by atoms with Crippen molar-refractivity contribution in [2.45, 2.75) is 6.42 Å².